The van der Waals surface area contributed by atoms with Gasteiger partial charge in [-0.3, -0.25) is 9.78 Å². The first-order chi connectivity index (χ1) is 16.0. The largest absolute Gasteiger partial charge is 0.342 e. The summed E-state index contributed by atoms with van der Waals surface area (Å²) in [5, 5.41) is 4.22. The van der Waals surface area contributed by atoms with Crippen molar-refractivity contribution in [2.24, 2.45) is 5.92 Å². The molecule has 1 amide bonds. The van der Waals surface area contributed by atoms with Crippen molar-refractivity contribution in [2.45, 2.75) is 51.9 Å². The molecule has 2 fully saturated rings. The Morgan fingerprint density at radius 2 is 1.94 bits per heavy atom. The molecule has 1 N–H and O–H groups in total. The third-order valence-electron chi connectivity index (χ3n) is 7.61. The van der Waals surface area contributed by atoms with Gasteiger partial charge in [0.05, 0.1) is 5.69 Å². The molecule has 0 spiro atoms. The predicted molar refractivity (Wildman–Crippen MR) is 138 cm³/mol. The highest BCUT2D eigenvalue weighted by Crippen LogP contribution is 2.40. The van der Waals surface area contributed by atoms with Crippen molar-refractivity contribution in [2.75, 3.05) is 26.2 Å². The Morgan fingerprint density at radius 3 is 2.70 bits per heavy atom. The van der Waals surface area contributed by atoms with E-state index in [0.29, 0.717) is 18.2 Å². The summed E-state index contributed by atoms with van der Waals surface area (Å²) in [4.78, 5) is 20.0. The lowest BCUT2D eigenvalue weighted by atomic mass is 9.87. The van der Waals surface area contributed by atoms with E-state index in [0.717, 1.165) is 79.9 Å². The maximum atomic E-state index is 13.0. The molecule has 6 heteroatoms. The number of amides is 1. The molecule has 1 aromatic heterocycles. The van der Waals surface area contributed by atoms with E-state index in [2.05, 4.69) is 45.2 Å². The molecule has 3 aliphatic rings. The van der Waals surface area contributed by atoms with Gasteiger partial charge in [0.1, 0.15) is 0 Å². The second kappa shape index (κ2) is 9.89. The number of halogens is 2. The summed E-state index contributed by atoms with van der Waals surface area (Å²) in [5.41, 5.74) is 8.86. The van der Waals surface area contributed by atoms with E-state index < -0.39 is 0 Å². The van der Waals surface area contributed by atoms with E-state index in [1.807, 2.05) is 12.3 Å². The smallest absolute Gasteiger partial charge is 0.222 e. The Bertz CT molecular complexity index is 1100. The number of benzene rings is 1. The van der Waals surface area contributed by atoms with E-state index in [1.165, 1.54) is 33.4 Å². The average molecular weight is 529 g/mol. The summed E-state index contributed by atoms with van der Waals surface area (Å²) in [6.07, 6.45) is 8.57. The Kier molecular flexibility index (Phi) is 6.91. The van der Waals surface area contributed by atoms with Gasteiger partial charge in [-0.25, -0.2) is 0 Å². The first kappa shape index (κ1) is 23.1. The van der Waals surface area contributed by atoms with Crippen LogP contribution in [0, 0.1) is 12.8 Å². The summed E-state index contributed by atoms with van der Waals surface area (Å²) in [6, 6.07) is 6.42. The molecule has 3 heterocycles. The fourth-order valence-electron chi connectivity index (χ4n) is 5.66. The number of likely N-dealkylation sites (tertiary alicyclic amines) is 1. The molecule has 1 aliphatic carbocycles. The van der Waals surface area contributed by atoms with Crippen LogP contribution in [0.2, 0.25) is 5.02 Å². The second-order valence-corrected chi connectivity index (χ2v) is 10.9. The number of rotatable bonds is 2. The summed E-state index contributed by atoms with van der Waals surface area (Å²) in [6.45, 7) is 5.82. The fourth-order valence-corrected chi connectivity index (χ4v) is 6.22. The van der Waals surface area contributed by atoms with Gasteiger partial charge in [-0.1, -0.05) is 23.2 Å². The Labute approximate surface area is 209 Å². The summed E-state index contributed by atoms with van der Waals surface area (Å²) >= 11 is 10.1. The lowest BCUT2D eigenvalue weighted by molar-refractivity contribution is -0.132. The van der Waals surface area contributed by atoms with E-state index in [1.54, 1.807) is 0 Å². The van der Waals surface area contributed by atoms with Crippen LogP contribution in [0.4, 0.5) is 0 Å². The quantitative estimate of drug-likeness (QED) is 0.542. The highest BCUT2D eigenvalue weighted by Gasteiger charge is 2.28. The molecule has 0 radical (unpaired) electrons. The van der Waals surface area contributed by atoms with E-state index >= 15 is 0 Å². The molecular formula is C27H31BrClN3O. The molecule has 0 atom stereocenters. The number of hydrogen-bond donors (Lipinski definition) is 1. The number of carbonyl (C=O) groups excluding carboxylic acids is 1. The number of nitrogens with zero attached hydrogens (tertiary/aromatic N) is 2. The van der Waals surface area contributed by atoms with E-state index in [-0.39, 0.29) is 0 Å². The normalized spacial score (nSPS) is 19.2. The third kappa shape index (κ3) is 4.78. The van der Waals surface area contributed by atoms with Crippen LogP contribution < -0.4 is 5.32 Å². The zero-order chi connectivity index (χ0) is 22.9. The number of carbonyl (C=O) groups is 1. The molecule has 0 unspecified atom stereocenters. The van der Waals surface area contributed by atoms with Crippen LogP contribution in [0.25, 0.3) is 5.57 Å². The molecule has 1 aromatic carbocycles. The maximum absolute atomic E-state index is 13.0. The molecule has 174 valence electrons. The number of fused-ring (bicyclic) bond motifs is 2. The van der Waals surface area contributed by atoms with E-state index in [9.17, 15) is 4.79 Å². The van der Waals surface area contributed by atoms with Gasteiger partial charge in [-0.15, -0.1) is 0 Å². The van der Waals surface area contributed by atoms with Crippen LogP contribution in [0.1, 0.15) is 60.1 Å². The number of hydrogen-bond acceptors (Lipinski definition) is 3. The van der Waals surface area contributed by atoms with Crippen molar-refractivity contribution in [1.82, 2.24) is 15.2 Å². The summed E-state index contributed by atoms with van der Waals surface area (Å²) in [5.74, 6) is 0.867. The monoisotopic (exact) mass is 527 g/mol. The topological polar surface area (TPSA) is 45.2 Å². The van der Waals surface area contributed by atoms with E-state index in [4.69, 9.17) is 16.6 Å². The van der Waals surface area contributed by atoms with Gasteiger partial charge in [0.25, 0.3) is 0 Å². The van der Waals surface area contributed by atoms with Gasteiger partial charge in [0.2, 0.25) is 5.91 Å². The standard InChI is InChI=1S/C27H31BrClN3O/c1-17-22-3-2-20-15-21(28)16-31-27(20)26(23(22)4-5-24(17)29)19-8-12-32(13-9-19)25(33)14-18-6-10-30-11-7-18/h4-5,15-16,18,30H,2-3,6-14H2,1H3. The lowest BCUT2D eigenvalue weighted by Gasteiger charge is -2.32. The van der Waals surface area contributed by atoms with Gasteiger partial charge < -0.3 is 10.2 Å². The molecule has 2 aromatic rings. The fraction of sp³-hybridized carbons (Fsp3) is 0.481. The van der Waals surface area contributed by atoms with Crippen LogP contribution in [0.3, 0.4) is 0 Å². The van der Waals surface area contributed by atoms with Crippen molar-refractivity contribution in [3.8, 4) is 0 Å². The molecule has 0 saturated carbocycles. The highest BCUT2D eigenvalue weighted by atomic mass is 79.9. The van der Waals surface area contributed by atoms with Crippen molar-refractivity contribution in [1.29, 1.82) is 0 Å². The number of nitrogens with one attached hydrogen (secondary N) is 1. The van der Waals surface area contributed by atoms with Gasteiger partial charge in [-0.2, -0.15) is 0 Å². The minimum atomic E-state index is 0.331. The first-order valence-corrected chi connectivity index (χ1v) is 13.3. The number of aryl methyl sites for hydroxylation is 1. The molecular weight excluding hydrogens is 498 g/mol. The lowest BCUT2D eigenvalue weighted by Crippen LogP contribution is -2.39. The van der Waals surface area contributed by atoms with Crippen LogP contribution >= 0.6 is 27.5 Å². The average Bonchev–Trinajstić information content (AvgIpc) is 2.99. The SMILES string of the molecule is Cc1c(Cl)ccc2c1CCc1cc(Br)cnc1C2=C1CCN(C(=O)CC2CCNCC2)CC1. The summed E-state index contributed by atoms with van der Waals surface area (Å²) < 4.78 is 1.02. The van der Waals surface area contributed by atoms with Gasteiger partial charge in [0.15, 0.2) is 0 Å². The Morgan fingerprint density at radius 1 is 1.18 bits per heavy atom. The molecule has 0 bridgehead atoms. The maximum Gasteiger partial charge on any atom is 0.222 e. The van der Waals surface area contributed by atoms with Gasteiger partial charge >= 0.3 is 0 Å². The molecule has 2 aliphatic heterocycles. The number of piperidine rings is 2. The van der Waals surface area contributed by atoms with Crippen molar-refractivity contribution < 1.29 is 4.79 Å². The molecule has 33 heavy (non-hydrogen) atoms. The van der Waals surface area contributed by atoms with Crippen LogP contribution in [-0.2, 0) is 17.6 Å². The third-order valence-corrected chi connectivity index (χ3v) is 8.45. The number of aromatic nitrogens is 1. The minimum absolute atomic E-state index is 0.331. The zero-order valence-corrected chi connectivity index (χ0v) is 21.6. The summed E-state index contributed by atoms with van der Waals surface area (Å²) in [7, 11) is 0. The molecule has 4 nitrogen and oxygen atoms in total. The van der Waals surface area contributed by atoms with Crippen molar-refractivity contribution >= 4 is 39.0 Å². The minimum Gasteiger partial charge on any atom is -0.342 e. The Balaban J connectivity index is 1.45. The molecule has 5 rings (SSSR count). The van der Waals surface area contributed by atoms with Crippen molar-refractivity contribution in [3.05, 3.63) is 67.4 Å². The van der Waals surface area contributed by atoms with Crippen LogP contribution in [0.15, 0.2) is 34.4 Å². The van der Waals surface area contributed by atoms with Crippen LogP contribution in [-0.4, -0.2) is 42.0 Å². The Hall–Kier alpha value is -1.69. The number of pyridine rings is 1. The predicted octanol–water partition coefficient (Wildman–Crippen LogP) is 5.72. The zero-order valence-electron chi connectivity index (χ0n) is 19.2. The van der Waals surface area contributed by atoms with Crippen LogP contribution in [0.5, 0.6) is 0 Å². The highest BCUT2D eigenvalue weighted by molar-refractivity contribution is 9.10. The van der Waals surface area contributed by atoms with Gasteiger partial charge in [0, 0.05) is 40.8 Å². The first-order valence-electron chi connectivity index (χ1n) is 12.1. The second-order valence-electron chi connectivity index (χ2n) is 9.62. The van der Waals surface area contributed by atoms with Gasteiger partial charge in [-0.05, 0) is 115 Å². The molecule has 2 saturated heterocycles. The van der Waals surface area contributed by atoms with Crippen molar-refractivity contribution in [3.63, 3.8) is 0 Å².